The van der Waals surface area contributed by atoms with Crippen LogP contribution < -0.4 is 5.73 Å². The first kappa shape index (κ1) is 12.7. The third kappa shape index (κ3) is 2.40. The molecular weight excluding hydrogens is 250 g/mol. The molecule has 3 aromatic rings. The van der Waals surface area contributed by atoms with E-state index in [0.717, 1.165) is 35.1 Å². The molecule has 2 N–H and O–H groups in total. The summed E-state index contributed by atoms with van der Waals surface area (Å²) in [6.07, 6.45) is 5.43. The van der Waals surface area contributed by atoms with Crippen molar-refractivity contribution in [2.75, 3.05) is 0 Å². The van der Waals surface area contributed by atoms with Gasteiger partial charge in [-0.3, -0.25) is 4.98 Å². The summed E-state index contributed by atoms with van der Waals surface area (Å²) in [6.45, 7) is 2.09. The van der Waals surface area contributed by atoms with Crippen LogP contribution in [0.5, 0.6) is 0 Å². The van der Waals surface area contributed by atoms with E-state index in [0.29, 0.717) is 0 Å². The van der Waals surface area contributed by atoms with Crippen LogP contribution in [-0.4, -0.2) is 26.0 Å². The number of fused-ring (bicyclic) bond motifs is 1. The summed E-state index contributed by atoms with van der Waals surface area (Å²) in [5.74, 6) is 0. The molecule has 1 atom stereocenters. The topological polar surface area (TPSA) is 69.6 Å². The molecule has 0 aliphatic carbocycles. The minimum absolute atomic E-state index is 0.166. The number of para-hydroxylation sites is 1. The summed E-state index contributed by atoms with van der Waals surface area (Å²) in [4.78, 5) is 4.29. The Balaban J connectivity index is 2.00. The Labute approximate surface area is 117 Å². The quantitative estimate of drug-likeness (QED) is 0.786. The molecule has 0 bridgehead atoms. The highest BCUT2D eigenvalue weighted by atomic mass is 15.4. The van der Waals surface area contributed by atoms with Crippen LogP contribution in [0.4, 0.5) is 0 Å². The first-order chi connectivity index (χ1) is 9.78. The number of nitrogens with two attached hydrogens (primary N) is 1. The Morgan fingerprint density at radius 1 is 1.25 bits per heavy atom. The Hall–Kier alpha value is -2.27. The van der Waals surface area contributed by atoms with Crippen LogP contribution in [-0.2, 0) is 6.42 Å². The van der Waals surface area contributed by atoms with Crippen LogP contribution in [0.25, 0.3) is 16.7 Å². The fourth-order valence-corrected chi connectivity index (χ4v) is 2.21. The van der Waals surface area contributed by atoms with Crippen molar-refractivity contribution in [3.63, 3.8) is 0 Å². The zero-order valence-corrected chi connectivity index (χ0v) is 11.4. The Morgan fingerprint density at radius 2 is 2.10 bits per heavy atom. The van der Waals surface area contributed by atoms with Gasteiger partial charge in [-0.1, -0.05) is 24.3 Å². The molecule has 0 saturated heterocycles. The minimum Gasteiger partial charge on any atom is -0.327 e. The van der Waals surface area contributed by atoms with E-state index >= 15 is 0 Å². The summed E-state index contributed by atoms with van der Waals surface area (Å²) < 4.78 is 1.81. The van der Waals surface area contributed by atoms with Crippen molar-refractivity contribution in [3.8, 4) is 5.69 Å². The molecule has 2 heterocycles. The summed E-state index contributed by atoms with van der Waals surface area (Å²) in [5, 5.41) is 8.36. The van der Waals surface area contributed by atoms with Crippen molar-refractivity contribution in [2.45, 2.75) is 25.8 Å². The van der Waals surface area contributed by atoms with Gasteiger partial charge in [0.05, 0.1) is 17.4 Å². The van der Waals surface area contributed by atoms with E-state index in [1.807, 2.05) is 35.1 Å². The highest BCUT2D eigenvalue weighted by Gasteiger charge is 2.08. The number of rotatable bonds is 4. The van der Waals surface area contributed by atoms with Gasteiger partial charge < -0.3 is 5.73 Å². The van der Waals surface area contributed by atoms with Crippen LogP contribution in [0.3, 0.4) is 0 Å². The SMILES string of the molecule is CCC(N)Cc1cncc(-n2nnc3ccccc32)c1. The highest BCUT2D eigenvalue weighted by molar-refractivity contribution is 5.75. The standard InChI is InChI=1S/C15H17N5/c1-2-12(16)7-11-8-13(10-17-9-11)20-15-6-4-3-5-14(15)18-19-20/h3-6,8-10,12H,2,7,16H2,1H3. The van der Waals surface area contributed by atoms with Gasteiger partial charge in [0.2, 0.25) is 0 Å². The van der Waals surface area contributed by atoms with Crippen molar-refractivity contribution < 1.29 is 0 Å². The second-order valence-electron chi connectivity index (χ2n) is 4.91. The average Bonchev–Trinajstić information content (AvgIpc) is 2.91. The largest absolute Gasteiger partial charge is 0.327 e. The van der Waals surface area contributed by atoms with E-state index in [2.05, 4.69) is 28.3 Å². The molecule has 1 unspecified atom stereocenters. The van der Waals surface area contributed by atoms with Gasteiger partial charge >= 0.3 is 0 Å². The molecule has 3 rings (SSSR count). The van der Waals surface area contributed by atoms with Gasteiger partial charge in [-0.2, -0.15) is 0 Å². The molecule has 1 aromatic carbocycles. The van der Waals surface area contributed by atoms with Gasteiger partial charge in [0, 0.05) is 12.2 Å². The van der Waals surface area contributed by atoms with E-state index in [1.165, 1.54) is 0 Å². The van der Waals surface area contributed by atoms with E-state index in [1.54, 1.807) is 6.20 Å². The maximum absolute atomic E-state index is 6.00. The molecule has 0 saturated carbocycles. The Kier molecular flexibility index (Phi) is 3.43. The fraction of sp³-hybridized carbons (Fsp3) is 0.267. The summed E-state index contributed by atoms with van der Waals surface area (Å²) in [7, 11) is 0. The average molecular weight is 267 g/mol. The second-order valence-corrected chi connectivity index (χ2v) is 4.91. The monoisotopic (exact) mass is 267 g/mol. The lowest BCUT2D eigenvalue weighted by Gasteiger charge is -2.09. The van der Waals surface area contributed by atoms with Crippen molar-refractivity contribution in [1.82, 2.24) is 20.0 Å². The molecule has 0 aliphatic rings. The summed E-state index contributed by atoms with van der Waals surface area (Å²) in [6, 6.07) is 10.1. The third-order valence-electron chi connectivity index (χ3n) is 3.40. The molecule has 20 heavy (non-hydrogen) atoms. The lowest BCUT2D eigenvalue weighted by atomic mass is 10.1. The summed E-state index contributed by atoms with van der Waals surface area (Å²) in [5.41, 5.74) is 9.90. The van der Waals surface area contributed by atoms with Crippen LogP contribution in [0, 0.1) is 0 Å². The maximum Gasteiger partial charge on any atom is 0.113 e. The number of aromatic nitrogens is 4. The van der Waals surface area contributed by atoms with Gasteiger partial charge in [0.15, 0.2) is 0 Å². The predicted octanol–water partition coefficient (Wildman–Crippen LogP) is 2.10. The smallest absolute Gasteiger partial charge is 0.113 e. The molecule has 102 valence electrons. The molecule has 0 fully saturated rings. The first-order valence-electron chi connectivity index (χ1n) is 6.78. The molecular formula is C15H17N5. The molecule has 0 spiro atoms. The van der Waals surface area contributed by atoms with Crippen molar-refractivity contribution >= 4 is 11.0 Å². The molecule has 0 amide bonds. The molecule has 5 heteroatoms. The fourth-order valence-electron chi connectivity index (χ4n) is 2.21. The van der Waals surface area contributed by atoms with Gasteiger partial charge in [0.25, 0.3) is 0 Å². The predicted molar refractivity (Wildman–Crippen MR) is 78.6 cm³/mol. The number of benzene rings is 1. The van der Waals surface area contributed by atoms with Crippen molar-refractivity contribution in [2.24, 2.45) is 5.73 Å². The molecule has 5 nitrogen and oxygen atoms in total. The van der Waals surface area contributed by atoms with Crippen molar-refractivity contribution in [3.05, 3.63) is 48.3 Å². The number of nitrogens with zero attached hydrogens (tertiary/aromatic N) is 4. The zero-order chi connectivity index (χ0) is 13.9. The van der Waals surface area contributed by atoms with Crippen LogP contribution >= 0.6 is 0 Å². The van der Waals surface area contributed by atoms with Gasteiger partial charge in [-0.05, 0) is 36.6 Å². The minimum atomic E-state index is 0.166. The van der Waals surface area contributed by atoms with E-state index in [9.17, 15) is 0 Å². The van der Waals surface area contributed by atoms with Gasteiger partial charge in [-0.25, -0.2) is 4.68 Å². The van der Waals surface area contributed by atoms with Crippen LogP contribution in [0.2, 0.25) is 0 Å². The Bertz CT molecular complexity index is 719. The molecule has 2 aromatic heterocycles. The summed E-state index contributed by atoms with van der Waals surface area (Å²) >= 11 is 0. The zero-order valence-electron chi connectivity index (χ0n) is 11.4. The van der Waals surface area contributed by atoms with E-state index < -0.39 is 0 Å². The Morgan fingerprint density at radius 3 is 2.95 bits per heavy atom. The first-order valence-corrected chi connectivity index (χ1v) is 6.78. The number of hydrogen-bond acceptors (Lipinski definition) is 4. The third-order valence-corrected chi connectivity index (χ3v) is 3.40. The van der Waals surface area contributed by atoms with E-state index in [-0.39, 0.29) is 6.04 Å². The van der Waals surface area contributed by atoms with Crippen LogP contribution in [0.15, 0.2) is 42.7 Å². The number of hydrogen-bond donors (Lipinski definition) is 1. The van der Waals surface area contributed by atoms with Crippen LogP contribution in [0.1, 0.15) is 18.9 Å². The lowest BCUT2D eigenvalue weighted by Crippen LogP contribution is -2.21. The molecule has 0 radical (unpaired) electrons. The lowest BCUT2D eigenvalue weighted by molar-refractivity contribution is 0.644. The van der Waals surface area contributed by atoms with Gasteiger partial charge in [-0.15, -0.1) is 5.10 Å². The van der Waals surface area contributed by atoms with Gasteiger partial charge in [0.1, 0.15) is 5.52 Å². The van der Waals surface area contributed by atoms with E-state index in [4.69, 9.17) is 5.73 Å². The normalized spacial score (nSPS) is 12.7. The van der Waals surface area contributed by atoms with Crippen molar-refractivity contribution in [1.29, 1.82) is 0 Å². The maximum atomic E-state index is 6.00. The highest BCUT2D eigenvalue weighted by Crippen LogP contribution is 2.16. The molecule has 0 aliphatic heterocycles. The second kappa shape index (κ2) is 5.38. The number of pyridine rings is 1.